The van der Waals surface area contributed by atoms with Gasteiger partial charge in [-0.15, -0.1) is 0 Å². The Labute approximate surface area is 142 Å². The lowest BCUT2D eigenvalue weighted by molar-refractivity contribution is 0.249. The van der Waals surface area contributed by atoms with Crippen LogP contribution in [0.15, 0.2) is 49.1 Å². The van der Waals surface area contributed by atoms with Crippen LogP contribution in [0.4, 0.5) is 5.82 Å². The highest BCUT2D eigenvalue weighted by Crippen LogP contribution is 2.31. The third-order valence-electron chi connectivity index (χ3n) is 4.46. The van der Waals surface area contributed by atoms with E-state index < -0.39 is 0 Å². The van der Waals surface area contributed by atoms with Crippen molar-refractivity contribution in [1.82, 2.24) is 9.88 Å². The lowest BCUT2D eigenvalue weighted by Gasteiger charge is -2.35. The van der Waals surface area contributed by atoms with Gasteiger partial charge >= 0.3 is 0 Å². The number of benzene rings is 1. The van der Waals surface area contributed by atoms with Gasteiger partial charge in [-0.2, -0.15) is 0 Å². The second-order valence-corrected chi connectivity index (χ2v) is 6.24. The first kappa shape index (κ1) is 15.0. The summed E-state index contributed by atoms with van der Waals surface area (Å²) in [6.07, 6.45) is 5.01. The van der Waals surface area contributed by atoms with Crippen LogP contribution in [0, 0.1) is 6.92 Å². The summed E-state index contributed by atoms with van der Waals surface area (Å²) in [4.78, 5) is 9.32. The van der Waals surface area contributed by atoms with Crippen LogP contribution in [-0.4, -0.2) is 36.1 Å². The molecule has 0 radical (unpaired) electrons. The van der Waals surface area contributed by atoms with E-state index in [0.717, 1.165) is 50.0 Å². The molecule has 24 heavy (non-hydrogen) atoms. The summed E-state index contributed by atoms with van der Waals surface area (Å²) in [6, 6.07) is 10.3. The molecule has 2 aliphatic heterocycles. The molecule has 0 unspecified atom stereocenters. The Balaban J connectivity index is 1.37. The number of aromatic nitrogens is 1. The maximum absolute atomic E-state index is 5.50. The van der Waals surface area contributed by atoms with E-state index in [1.807, 2.05) is 18.3 Å². The molecule has 0 aliphatic carbocycles. The second kappa shape index (κ2) is 6.53. The van der Waals surface area contributed by atoms with Gasteiger partial charge in [0.2, 0.25) is 0 Å². The number of rotatable bonds is 3. The van der Waals surface area contributed by atoms with E-state index in [9.17, 15) is 0 Å². The minimum Gasteiger partial charge on any atom is -0.458 e. The Morgan fingerprint density at radius 1 is 0.958 bits per heavy atom. The van der Waals surface area contributed by atoms with Crippen LogP contribution in [0.3, 0.4) is 0 Å². The molecule has 0 spiro atoms. The van der Waals surface area contributed by atoms with Crippen LogP contribution in [0.2, 0.25) is 0 Å². The van der Waals surface area contributed by atoms with Crippen LogP contribution < -0.4 is 14.4 Å². The summed E-state index contributed by atoms with van der Waals surface area (Å²) in [5, 5.41) is 0. The molecule has 0 bridgehead atoms. The molecule has 0 saturated carbocycles. The SMILES string of the molecule is Cc1ccnc(N2CCN(Cc3ccc4c(c3)OC=CO4)CC2)c1. The van der Waals surface area contributed by atoms with Gasteiger partial charge in [0.25, 0.3) is 0 Å². The minimum absolute atomic E-state index is 0.775. The number of hydrogen-bond donors (Lipinski definition) is 0. The molecule has 0 atom stereocenters. The van der Waals surface area contributed by atoms with E-state index in [4.69, 9.17) is 9.47 Å². The highest BCUT2D eigenvalue weighted by molar-refractivity contribution is 5.45. The van der Waals surface area contributed by atoms with Crippen molar-refractivity contribution in [3.63, 3.8) is 0 Å². The molecule has 1 aromatic heterocycles. The average Bonchev–Trinajstić information content (AvgIpc) is 2.62. The number of anilines is 1. The van der Waals surface area contributed by atoms with Crippen molar-refractivity contribution in [1.29, 1.82) is 0 Å². The van der Waals surface area contributed by atoms with Gasteiger partial charge in [-0.3, -0.25) is 4.90 Å². The number of hydrogen-bond acceptors (Lipinski definition) is 5. The zero-order chi connectivity index (χ0) is 16.4. The zero-order valence-electron chi connectivity index (χ0n) is 13.8. The molecule has 3 heterocycles. The van der Waals surface area contributed by atoms with Crippen molar-refractivity contribution >= 4 is 5.82 Å². The molecule has 5 nitrogen and oxygen atoms in total. The smallest absolute Gasteiger partial charge is 0.169 e. The summed E-state index contributed by atoms with van der Waals surface area (Å²) < 4.78 is 10.9. The molecule has 1 aromatic carbocycles. The first-order valence-corrected chi connectivity index (χ1v) is 8.29. The van der Waals surface area contributed by atoms with E-state index in [1.165, 1.54) is 11.1 Å². The Hall–Kier alpha value is -2.53. The molecule has 1 fully saturated rings. The number of aryl methyl sites for hydroxylation is 1. The van der Waals surface area contributed by atoms with E-state index in [1.54, 1.807) is 12.5 Å². The van der Waals surface area contributed by atoms with E-state index >= 15 is 0 Å². The minimum atomic E-state index is 0.775. The third-order valence-corrected chi connectivity index (χ3v) is 4.46. The van der Waals surface area contributed by atoms with E-state index in [0.29, 0.717) is 0 Å². The fourth-order valence-electron chi connectivity index (χ4n) is 3.13. The van der Waals surface area contributed by atoms with Gasteiger partial charge in [0.1, 0.15) is 18.3 Å². The number of piperazine rings is 1. The van der Waals surface area contributed by atoms with E-state index in [-0.39, 0.29) is 0 Å². The Morgan fingerprint density at radius 2 is 1.75 bits per heavy atom. The van der Waals surface area contributed by atoms with Gasteiger partial charge in [0, 0.05) is 38.9 Å². The van der Waals surface area contributed by atoms with Gasteiger partial charge in [-0.1, -0.05) is 6.07 Å². The molecule has 2 aromatic rings. The molecule has 124 valence electrons. The van der Waals surface area contributed by atoms with Crippen molar-refractivity contribution in [2.75, 3.05) is 31.1 Å². The van der Waals surface area contributed by atoms with Gasteiger partial charge in [0.05, 0.1) is 0 Å². The Bertz CT molecular complexity index is 752. The molecular formula is C19H21N3O2. The predicted octanol–water partition coefficient (Wildman–Crippen LogP) is 2.95. The fraction of sp³-hybridized carbons (Fsp3) is 0.316. The Kier molecular flexibility index (Phi) is 4.09. The van der Waals surface area contributed by atoms with Gasteiger partial charge in [-0.25, -0.2) is 4.98 Å². The van der Waals surface area contributed by atoms with Gasteiger partial charge < -0.3 is 14.4 Å². The largest absolute Gasteiger partial charge is 0.458 e. The van der Waals surface area contributed by atoms with Crippen molar-refractivity contribution in [3.05, 3.63) is 60.2 Å². The van der Waals surface area contributed by atoms with Crippen molar-refractivity contribution in [3.8, 4) is 11.5 Å². The van der Waals surface area contributed by atoms with Crippen LogP contribution >= 0.6 is 0 Å². The number of pyridine rings is 1. The van der Waals surface area contributed by atoms with Gasteiger partial charge in [-0.05, 0) is 42.3 Å². The van der Waals surface area contributed by atoms with Crippen molar-refractivity contribution in [2.24, 2.45) is 0 Å². The summed E-state index contributed by atoms with van der Waals surface area (Å²) in [5.74, 6) is 2.65. The zero-order valence-corrected chi connectivity index (χ0v) is 13.8. The number of fused-ring (bicyclic) bond motifs is 1. The standard InChI is InChI=1S/C19H21N3O2/c1-15-4-5-20-19(12-15)22-8-6-21(7-9-22)14-16-2-3-17-18(13-16)24-11-10-23-17/h2-5,10-13H,6-9,14H2,1H3. The number of nitrogens with zero attached hydrogens (tertiary/aromatic N) is 3. The Morgan fingerprint density at radius 3 is 2.54 bits per heavy atom. The fourth-order valence-corrected chi connectivity index (χ4v) is 3.13. The maximum Gasteiger partial charge on any atom is 0.169 e. The molecular weight excluding hydrogens is 302 g/mol. The van der Waals surface area contributed by atoms with Crippen LogP contribution in [0.25, 0.3) is 0 Å². The topological polar surface area (TPSA) is 37.8 Å². The average molecular weight is 323 g/mol. The molecule has 0 amide bonds. The summed E-state index contributed by atoms with van der Waals surface area (Å²) in [6.45, 7) is 7.11. The van der Waals surface area contributed by atoms with Crippen LogP contribution in [0.1, 0.15) is 11.1 Å². The van der Waals surface area contributed by atoms with Crippen LogP contribution in [-0.2, 0) is 6.54 Å². The normalized spacial score (nSPS) is 17.1. The first-order chi connectivity index (χ1) is 11.8. The van der Waals surface area contributed by atoms with Crippen molar-refractivity contribution < 1.29 is 9.47 Å². The molecule has 4 rings (SSSR count). The third kappa shape index (κ3) is 3.21. The van der Waals surface area contributed by atoms with Crippen molar-refractivity contribution in [2.45, 2.75) is 13.5 Å². The monoisotopic (exact) mass is 323 g/mol. The summed E-state index contributed by atoms with van der Waals surface area (Å²) in [5.41, 5.74) is 2.50. The lowest BCUT2D eigenvalue weighted by atomic mass is 10.1. The maximum atomic E-state index is 5.50. The summed E-state index contributed by atoms with van der Waals surface area (Å²) in [7, 11) is 0. The molecule has 5 heteroatoms. The predicted molar refractivity (Wildman–Crippen MR) is 93.3 cm³/mol. The quantitative estimate of drug-likeness (QED) is 0.868. The molecule has 0 N–H and O–H groups in total. The second-order valence-electron chi connectivity index (χ2n) is 6.24. The highest BCUT2D eigenvalue weighted by atomic mass is 16.5. The number of ether oxygens (including phenoxy) is 2. The molecule has 2 aliphatic rings. The molecule has 1 saturated heterocycles. The van der Waals surface area contributed by atoms with Gasteiger partial charge in [0.15, 0.2) is 11.5 Å². The first-order valence-electron chi connectivity index (χ1n) is 8.29. The van der Waals surface area contributed by atoms with Crippen LogP contribution in [0.5, 0.6) is 11.5 Å². The van der Waals surface area contributed by atoms with E-state index in [2.05, 4.69) is 39.9 Å². The summed E-state index contributed by atoms with van der Waals surface area (Å²) >= 11 is 0. The highest BCUT2D eigenvalue weighted by Gasteiger charge is 2.19. The lowest BCUT2D eigenvalue weighted by Crippen LogP contribution is -2.46.